The first kappa shape index (κ1) is 25.9. The summed E-state index contributed by atoms with van der Waals surface area (Å²) in [6.45, 7) is 10.7. The average Bonchev–Trinajstić information content (AvgIpc) is 2.92. The smallest absolute Gasteiger partial charge is 0.266 e. The highest BCUT2D eigenvalue weighted by atomic mass is 16.1. The molecule has 0 unspecified atom stereocenters. The summed E-state index contributed by atoms with van der Waals surface area (Å²) < 4.78 is 1.70. The molecule has 0 aliphatic heterocycles. The number of benzene rings is 4. The van der Waals surface area contributed by atoms with Crippen molar-refractivity contribution in [2.24, 2.45) is 0 Å². The summed E-state index contributed by atoms with van der Waals surface area (Å²) in [6.07, 6.45) is 3.94. The second-order valence-corrected chi connectivity index (χ2v) is 10.9. The summed E-state index contributed by atoms with van der Waals surface area (Å²) >= 11 is 0. The maximum absolute atomic E-state index is 13.7. The van der Waals surface area contributed by atoms with Gasteiger partial charge in [0.2, 0.25) is 0 Å². The van der Waals surface area contributed by atoms with Gasteiger partial charge in [-0.2, -0.15) is 0 Å². The number of rotatable bonds is 3. The first-order chi connectivity index (χ1) is 18.7. The van der Waals surface area contributed by atoms with Gasteiger partial charge in [0, 0.05) is 11.1 Å². The Bertz CT molecular complexity index is 1820. The summed E-state index contributed by atoms with van der Waals surface area (Å²) in [5, 5.41) is 0.590. The molecule has 192 valence electrons. The van der Waals surface area contributed by atoms with E-state index >= 15 is 0 Å². The quantitative estimate of drug-likeness (QED) is 0.232. The Balaban J connectivity index is 1.55. The minimum absolute atomic E-state index is 0.0918. The molecule has 0 spiro atoms. The number of hydrogen-bond acceptors (Lipinski definition) is 2. The van der Waals surface area contributed by atoms with Gasteiger partial charge in [-0.15, -0.1) is 0 Å². The largest absolute Gasteiger partial charge is 0.268 e. The lowest BCUT2D eigenvalue weighted by atomic mass is 9.87. The van der Waals surface area contributed by atoms with Gasteiger partial charge in [0.1, 0.15) is 5.82 Å². The van der Waals surface area contributed by atoms with Crippen molar-refractivity contribution in [2.45, 2.75) is 40.0 Å². The highest BCUT2D eigenvalue weighted by Gasteiger charge is 2.14. The van der Waals surface area contributed by atoms with Crippen LogP contribution < -0.4 is 5.56 Å². The fourth-order valence-corrected chi connectivity index (χ4v) is 4.61. The van der Waals surface area contributed by atoms with E-state index in [0.717, 1.165) is 33.5 Å². The minimum atomic E-state index is -0.0918. The minimum Gasteiger partial charge on any atom is -0.268 e. The molecule has 0 amide bonds. The molecule has 0 bridgehead atoms. The molecule has 5 aromatic rings. The maximum Gasteiger partial charge on any atom is 0.266 e. The van der Waals surface area contributed by atoms with Gasteiger partial charge in [0.05, 0.1) is 16.6 Å². The highest BCUT2D eigenvalue weighted by Crippen LogP contribution is 2.23. The van der Waals surface area contributed by atoms with Crippen LogP contribution in [0.5, 0.6) is 0 Å². The van der Waals surface area contributed by atoms with E-state index in [2.05, 4.69) is 75.9 Å². The Morgan fingerprint density at radius 1 is 0.744 bits per heavy atom. The standard InChI is InChI=1S/C36H32N2O/c1-25-10-6-7-11-29(25)19-23-34-37-32-13-9-8-12-31(32)35(39)38(34)33-22-18-28(24-26(33)2)15-14-27-16-20-30(21-17-27)36(3,4)5/h6-13,16-24H,1-5H3/b23-19+. The molecule has 3 nitrogen and oxygen atoms in total. The monoisotopic (exact) mass is 508 g/mol. The predicted molar refractivity (Wildman–Crippen MR) is 163 cm³/mol. The zero-order chi connectivity index (χ0) is 27.6. The highest BCUT2D eigenvalue weighted by molar-refractivity contribution is 5.80. The number of hydrogen-bond donors (Lipinski definition) is 0. The van der Waals surface area contributed by atoms with E-state index in [9.17, 15) is 4.79 Å². The van der Waals surface area contributed by atoms with Crippen LogP contribution in [0.2, 0.25) is 0 Å². The van der Waals surface area contributed by atoms with Crippen molar-refractivity contribution >= 4 is 23.1 Å². The molecular formula is C36H32N2O. The van der Waals surface area contributed by atoms with Gasteiger partial charge >= 0.3 is 0 Å². The van der Waals surface area contributed by atoms with Crippen LogP contribution in [0.1, 0.15) is 60.0 Å². The molecule has 0 aliphatic rings. The number of para-hydroxylation sites is 1. The van der Waals surface area contributed by atoms with Crippen molar-refractivity contribution in [1.29, 1.82) is 0 Å². The van der Waals surface area contributed by atoms with Crippen molar-refractivity contribution in [3.05, 3.63) is 141 Å². The van der Waals surface area contributed by atoms with E-state index in [1.54, 1.807) is 4.57 Å². The first-order valence-corrected chi connectivity index (χ1v) is 13.2. The van der Waals surface area contributed by atoms with E-state index in [-0.39, 0.29) is 11.0 Å². The van der Waals surface area contributed by atoms with Crippen LogP contribution in [0.15, 0.2) is 95.8 Å². The second-order valence-electron chi connectivity index (χ2n) is 10.9. The third-order valence-electron chi connectivity index (χ3n) is 6.94. The Morgan fingerprint density at radius 3 is 2.13 bits per heavy atom. The molecule has 1 heterocycles. The van der Waals surface area contributed by atoms with Crippen LogP contribution in [-0.4, -0.2) is 9.55 Å². The zero-order valence-electron chi connectivity index (χ0n) is 23.1. The molecule has 0 saturated carbocycles. The first-order valence-electron chi connectivity index (χ1n) is 13.2. The van der Waals surface area contributed by atoms with E-state index < -0.39 is 0 Å². The summed E-state index contributed by atoms with van der Waals surface area (Å²) in [5.74, 6) is 7.14. The SMILES string of the molecule is Cc1ccccc1/C=C/c1nc2ccccc2c(=O)n1-c1ccc(C#Cc2ccc(C(C)(C)C)cc2)cc1C. The maximum atomic E-state index is 13.7. The number of aromatic nitrogens is 2. The summed E-state index contributed by atoms with van der Waals surface area (Å²) in [6, 6.07) is 30.0. The lowest BCUT2D eigenvalue weighted by Gasteiger charge is -2.18. The molecule has 0 atom stereocenters. The number of fused-ring (bicyclic) bond motifs is 1. The van der Waals surface area contributed by atoms with Gasteiger partial charge in [-0.3, -0.25) is 9.36 Å². The van der Waals surface area contributed by atoms with Crippen molar-refractivity contribution in [2.75, 3.05) is 0 Å². The molecule has 3 heteroatoms. The molecule has 5 rings (SSSR count). The van der Waals surface area contributed by atoms with Crippen LogP contribution in [-0.2, 0) is 5.41 Å². The molecule has 4 aromatic carbocycles. The van der Waals surface area contributed by atoms with Crippen molar-refractivity contribution in [3.8, 4) is 17.5 Å². The fraction of sp³-hybridized carbons (Fsp3) is 0.167. The Labute approximate surface area is 230 Å². The molecule has 0 fully saturated rings. The third kappa shape index (κ3) is 5.61. The summed E-state index contributed by atoms with van der Waals surface area (Å²) in [7, 11) is 0. The van der Waals surface area contributed by atoms with Crippen LogP contribution in [0.25, 0.3) is 28.7 Å². The van der Waals surface area contributed by atoms with Crippen molar-refractivity contribution < 1.29 is 0 Å². The van der Waals surface area contributed by atoms with Crippen LogP contribution in [0, 0.1) is 25.7 Å². The molecule has 39 heavy (non-hydrogen) atoms. The predicted octanol–water partition coefficient (Wildman–Crippen LogP) is 7.87. The zero-order valence-corrected chi connectivity index (χ0v) is 23.1. The van der Waals surface area contributed by atoms with Gasteiger partial charge in [-0.1, -0.05) is 87.2 Å². The van der Waals surface area contributed by atoms with E-state index in [1.807, 2.05) is 73.7 Å². The third-order valence-corrected chi connectivity index (χ3v) is 6.94. The normalized spacial score (nSPS) is 11.5. The summed E-state index contributed by atoms with van der Waals surface area (Å²) in [4.78, 5) is 18.6. The number of nitrogens with zero attached hydrogens (tertiary/aromatic N) is 2. The Kier molecular flexibility index (Phi) is 7.05. The molecule has 0 N–H and O–H groups in total. The van der Waals surface area contributed by atoms with E-state index in [0.29, 0.717) is 16.7 Å². The molecule has 0 aliphatic carbocycles. The van der Waals surface area contributed by atoms with Gasteiger partial charge in [-0.05, 0) is 90.1 Å². The number of aryl methyl sites for hydroxylation is 2. The van der Waals surface area contributed by atoms with Gasteiger partial charge < -0.3 is 0 Å². The van der Waals surface area contributed by atoms with Crippen LogP contribution >= 0.6 is 0 Å². The van der Waals surface area contributed by atoms with E-state index in [1.165, 1.54) is 5.56 Å². The topological polar surface area (TPSA) is 34.9 Å². The Hall–Kier alpha value is -4.68. The van der Waals surface area contributed by atoms with Crippen molar-refractivity contribution in [1.82, 2.24) is 9.55 Å². The second kappa shape index (κ2) is 10.6. The average molecular weight is 509 g/mol. The van der Waals surface area contributed by atoms with Crippen LogP contribution in [0.3, 0.4) is 0 Å². The Morgan fingerprint density at radius 2 is 1.41 bits per heavy atom. The van der Waals surface area contributed by atoms with Gasteiger partial charge in [0.15, 0.2) is 0 Å². The van der Waals surface area contributed by atoms with Crippen LogP contribution in [0.4, 0.5) is 0 Å². The van der Waals surface area contributed by atoms with E-state index in [4.69, 9.17) is 4.98 Å². The lowest BCUT2D eigenvalue weighted by molar-refractivity contribution is 0.590. The van der Waals surface area contributed by atoms with Crippen molar-refractivity contribution in [3.63, 3.8) is 0 Å². The summed E-state index contributed by atoms with van der Waals surface area (Å²) in [5.41, 5.74) is 7.86. The molecule has 1 aromatic heterocycles. The van der Waals surface area contributed by atoms with Gasteiger partial charge in [-0.25, -0.2) is 4.98 Å². The van der Waals surface area contributed by atoms with Gasteiger partial charge in [0.25, 0.3) is 5.56 Å². The lowest BCUT2D eigenvalue weighted by Crippen LogP contribution is -2.23. The molecule has 0 radical (unpaired) electrons. The molecule has 0 saturated heterocycles. The fourth-order valence-electron chi connectivity index (χ4n) is 4.61. The molecular weight excluding hydrogens is 476 g/mol.